The van der Waals surface area contributed by atoms with Gasteiger partial charge in [-0.15, -0.1) is 23.5 Å². The first-order valence-electron chi connectivity index (χ1n) is 2.82. The molecule has 0 aromatic heterocycles. The van der Waals surface area contributed by atoms with Crippen LogP contribution in [0.5, 0.6) is 0 Å². The van der Waals surface area contributed by atoms with Gasteiger partial charge in [0.25, 0.3) is 0 Å². The fourth-order valence-electron chi connectivity index (χ4n) is 0.383. The van der Waals surface area contributed by atoms with Crippen LogP contribution < -0.4 is 0 Å². The Morgan fingerprint density at radius 2 is 2.40 bits per heavy atom. The molecule has 10 heavy (non-hydrogen) atoms. The maximum atomic E-state index is 8.31. The van der Waals surface area contributed by atoms with Crippen molar-refractivity contribution >= 4 is 39.3 Å². The number of hydrogen-bond acceptors (Lipinski definition) is 4. The third-order valence-corrected chi connectivity index (χ3v) is 3.51. The molecule has 0 aliphatic rings. The van der Waals surface area contributed by atoms with Crippen molar-refractivity contribution < 1.29 is 0 Å². The SMILES string of the molecule is CSC(=S)SC(C)CC#N. The van der Waals surface area contributed by atoms with Crippen LogP contribution in [0, 0.1) is 11.3 Å². The summed E-state index contributed by atoms with van der Waals surface area (Å²) < 4.78 is 0.919. The average molecular weight is 191 g/mol. The first kappa shape index (κ1) is 10.3. The quantitative estimate of drug-likeness (QED) is 0.626. The van der Waals surface area contributed by atoms with Gasteiger partial charge >= 0.3 is 0 Å². The summed E-state index contributed by atoms with van der Waals surface area (Å²) >= 11 is 8.12. The first-order chi connectivity index (χ1) is 4.70. The molecule has 0 bridgehead atoms. The van der Waals surface area contributed by atoms with Gasteiger partial charge in [0.05, 0.1) is 6.07 Å². The predicted molar refractivity (Wildman–Crippen MR) is 53.4 cm³/mol. The third-order valence-electron chi connectivity index (χ3n) is 0.843. The van der Waals surface area contributed by atoms with Crippen LogP contribution in [0.3, 0.4) is 0 Å². The number of nitriles is 1. The summed E-state index contributed by atoms with van der Waals surface area (Å²) in [5, 5.41) is 8.65. The summed E-state index contributed by atoms with van der Waals surface area (Å²) in [4.78, 5) is 0. The van der Waals surface area contributed by atoms with E-state index in [4.69, 9.17) is 17.5 Å². The molecule has 0 aromatic carbocycles. The summed E-state index contributed by atoms with van der Waals surface area (Å²) in [5.74, 6) is 0. The Bertz CT molecular complexity index is 150. The van der Waals surface area contributed by atoms with Gasteiger partial charge in [0.15, 0.2) is 0 Å². The lowest BCUT2D eigenvalue weighted by Gasteiger charge is -2.04. The van der Waals surface area contributed by atoms with E-state index in [1.54, 1.807) is 23.5 Å². The monoisotopic (exact) mass is 191 g/mol. The zero-order valence-corrected chi connectivity index (χ0v) is 8.41. The lowest BCUT2D eigenvalue weighted by atomic mass is 10.4. The van der Waals surface area contributed by atoms with E-state index >= 15 is 0 Å². The van der Waals surface area contributed by atoms with Crippen molar-refractivity contribution in [3.63, 3.8) is 0 Å². The topological polar surface area (TPSA) is 23.8 Å². The van der Waals surface area contributed by atoms with Crippen LogP contribution in [0.25, 0.3) is 0 Å². The molecule has 0 fully saturated rings. The molecule has 0 aromatic rings. The Morgan fingerprint density at radius 3 is 2.80 bits per heavy atom. The molecule has 0 heterocycles. The van der Waals surface area contributed by atoms with E-state index < -0.39 is 0 Å². The smallest absolute Gasteiger partial charge is 0.104 e. The van der Waals surface area contributed by atoms with Gasteiger partial charge in [0.1, 0.15) is 3.53 Å². The highest BCUT2D eigenvalue weighted by Gasteiger charge is 2.03. The van der Waals surface area contributed by atoms with Gasteiger partial charge in [0, 0.05) is 11.7 Å². The molecule has 0 N–H and O–H groups in total. The lowest BCUT2D eigenvalue weighted by molar-refractivity contribution is 0.997. The summed E-state index contributed by atoms with van der Waals surface area (Å²) in [7, 11) is 0. The molecular weight excluding hydrogens is 182 g/mol. The number of nitrogens with zero attached hydrogens (tertiary/aromatic N) is 1. The number of rotatable bonds is 2. The Balaban J connectivity index is 3.49. The van der Waals surface area contributed by atoms with Crippen molar-refractivity contribution in [3.8, 4) is 6.07 Å². The molecule has 0 radical (unpaired) electrons. The van der Waals surface area contributed by atoms with E-state index in [1.807, 2.05) is 13.2 Å². The van der Waals surface area contributed by atoms with Crippen LogP contribution >= 0.6 is 35.7 Å². The molecule has 1 nitrogen and oxygen atoms in total. The number of hydrogen-bond donors (Lipinski definition) is 0. The van der Waals surface area contributed by atoms with Gasteiger partial charge in [-0.05, 0) is 6.26 Å². The predicted octanol–water partition coefficient (Wildman–Crippen LogP) is 2.67. The molecular formula is C6H9NS3. The Kier molecular flexibility index (Phi) is 6.19. The minimum atomic E-state index is 0.338. The maximum absolute atomic E-state index is 8.31. The van der Waals surface area contributed by atoms with Crippen molar-refractivity contribution in [1.82, 2.24) is 0 Å². The van der Waals surface area contributed by atoms with Gasteiger partial charge < -0.3 is 0 Å². The Labute approximate surface area is 75.6 Å². The standard InChI is InChI=1S/C6H9NS3/c1-5(3-4-7)10-6(8)9-2/h5H,3H2,1-2H3. The third kappa shape index (κ3) is 5.10. The molecule has 56 valence electrons. The zero-order chi connectivity index (χ0) is 7.98. The molecule has 0 aliphatic carbocycles. The molecule has 0 amide bonds. The normalized spacial score (nSPS) is 12.1. The van der Waals surface area contributed by atoms with Crippen molar-refractivity contribution in [1.29, 1.82) is 5.26 Å². The highest BCUT2D eigenvalue weighted by molar-refractivity contribution is 8.47. The highest BCUT2D eigenvalue weighted by atomic mass is 32.2. The zero-order valence-electron chi connectivity index (χ0n) is 5.96. The van der Waals surface area contributed by atoms with E-state index in [0.29, 0.717) is 11.7 Å². The van der Waals surface area contributed by atoms with Crippen LogP contribution in [0.4, 0.5) is 0 Å². The van der Waals surface area contributed by atoms with E-state index in [0.717, 1.165) is 3.53 Å². The highest BCUT2D eigenvalue weighted by Crippen LogP contribution is 2.21. The summed E-state index contributed by atoms with van der Waals surface area (Å²) in [5.41, 5.74) is 0. The van der Waals surface area contributed by atoms with Gasteiger partial charge in [-0.3, -0.25) is 0 Å². The largest absolute Gasteiger partial charge is 0.198 e. The van der Waals surface area contributed by atoms with Crippen LogP contribution in [0.2, 0.25) is 0 Å². The molecule has 0 saturated carbocycles. The van der Waals surface area contributed by atoms with E-state index in [-0.39, 0.29) is 0 Å². The van der Waals surface area contributed by atoms with Crippen molar-refractivity contribution in [3.05, 3.63) is 0 Å². The summed E-state index contributed by atoms with van der Waals surface area (Å²) in [6, 6.07) is 2.11. The molecule has 0 spiro atoms. The molecule has 0 aliphatic heterocycles. The van der Waals surface area contributed by atoms with Gasteiger partial charge in [-0.25, -0.2) is 0 Å². The molecule has 4 heteroatoms. The van der Waals surface area contributed by atoms with E-state index in [2.05, 4.69) is 6.07 Å². The second-order valence-electron chi connectivity index (χ2n) is 1.74. The van der Waals surface area contributed by atoms with E-state index in [9.17, 15) is 0 Å². The fourth-order valence-corrected chi connectivity index (χ4v) is 2.24. The minimum absolute atomic E-state index is 0.338. The molecule has 0 rings (SSSR count). The van der Waals surface area contributed by atoms with Crippen molar-refractivity contribution in [2.75, 3.05) is 6.26 Å². The van der Waals surface area contributed by atoms with Crippen LogP contribution in [0.15, 0.2) is 0 Å². The average Bonchev–Trinajstić information content (AvgIpc) is 1.88. The summed E-state index contributed by atoms with van der Waals surface area (Å²) in [6.07, 6.45) is 2.53. The fraction of sp³-hybridized carbons (Fsp3) is 0.667. The Morgan fingerprint density at radius 1 is 1.80 bits per heavy atom. The van der Waals surface area contributed by atoms with Crippen molar-refractivity contribution in [2.45, 2.75) is 18.6 Å². The van der Waals surface area contributed by atoms with Crippen LogP contribution in [0.1, 0.15) is 13.3 Å². The van der Waals surface area contributed by atoms with Gasteiger partial charge in [-0.1, -0.05) is 19.1 Å². The van der Waals surface area contributed by atoms with Crippen molar-refractivity contribution in [2.24, 2.45) is 0 Å². The van der Waals surface area contributed by atoms with Crippen LogP contribution in [-0.4, -0.2) is 15.0 Å². The lowest BCUT2D eigenvalue weighted by Crippen LogP contribution is -1.95. The van der Waals surface area contributed by atoms with E-state index in [1.165, 1.54) is 0 Å². The summed E-state index contributed by atoms with van der Waals surface area (Å²) in [6.45, 7) is 2.01. The molecule has 0 saturated heterocycles. The Hall–Kier alpha value is 0.280. The van der Waals surface area contributed by atoms with Gasteiger partial charge in [0.2, 0.25) is 0 Å². The molecule has 1 unspecified atom stereocenters. The number of thioether (sulfide) groups is 2. The minimum Gasteiger partial charge on any atom is -0.198 e. The van der Waals surface area contributed by atoms with Gasteiger partial charge in [-0.2, -0.15) is 5.26 Å². The van der Waals surface area contributed by atoms with Crippen LogP contribution in [-0.2, 0) is 0 Å². The number of thiocarbonyl (C=S) groups is 1. The second-order valence-corrected chi connectivity index (χ2v) is 5.19. The maximum Gasteiger partial charge on any atom is 0.104 e. The molecule has 1 atom stereocenters. The second kappa shape index (κ2) is 6.02. The first-order valence-corrected chi connectivity index (χ1v) is 5.33.